The average molecular weight is 436 g/mol. The van der Waals surface area contributed by atoms with Gasteiger partial charge >= 0.3 is 0 Å². The minimum atomic E-state index is 0. The zero-order valence-electron chi connectivity index (χ0n) is 15.7. The zero-order valence-corrected chi connectivity index (χ0v) is 17.3. The molecule has 3 aromatic rings. The lowest BCUT2D eigenvalue weighted by Crippen LogP contribution is -2.58. The Balaban J connectivity index is 0.00000120. The van der Waals surface area contributed by atoms with Crippen LogP contribution in [-0.4, -0.2) is 56.7 Å². The van der Waals surface area contributed by atoms with E-state index in [1.807, 2.05) is 12.1 Å². The third-order valence-corrected chi connectivity index (χ3v) is 5.76. The highest BCUT2D eigenvalue weighted by molar-refractivity contribution is 5.85. The van der Waals surface area contributed by atoms with Crippen molar-refractivity contribution in [2.24, 2.45) is 5.41 Å². The minimum absolute atomic E-state index is 0. The van der Waals surface area contributed by atoms with E-state index in [-0.39, 0.29) is 30.6 Å². The quantitative estimate of drug-likeness (QED) is 0.580. The molecule has 5 rings (SSSR count). The van der Waals surface area contributed by atoms with Crippen LogP contribution >= 0.6 is 24.8 Å². The Hall–Kier alpha value is -2.42. The van der Waals surface area contributed by atoms with Crippen molar-refractivity contribution in [1.82, 2.24) is 30.7 Å². The van der Waals surface area contributed by atoms with Crippen molar-refractivity contribution in [1.29, 1.82) is 0 Å². The third kappa shape index (κ3) is 4.01. The van der Waals surface area contributed by atoms with Gasteiger partial charge in [0.2, 0.25) is 5.95 Å². The van der Waals surface area contributed by atoms with E-state index >= 15 is 0 Å². The summed E-state index contributed by atoms with van der Waals surface area (Å²) < 4.78 is 0. The number of piperidine rings is 1. The van der Waals surface area contributed by atoms with Gasteiger partial charge in [-0.05, 0) is 36.0 Å². The molecule has 29 heavy (non-hydrogen) atoms. The summed E-state index contributed by atoms with van der Waals surface area (Å²) in [4.78, 5) is 6.69. The lowest BCUT2D eigenvalue weighted by Gasteiger charge is -2.48. The second-order valence-electron chi connectivity index (χ2n) is 7.45. The van der Waals surface area contributed by atoms with E-state index in [0.29, 0.717) is 22.6 Å². The second kappa shape index (κ2) is 8.52. The molecule has 2 aliphatic rings. The van der Waals surface area contributed by atoms with Crippen LogP contribution in [0.25, 0.3) is 22.4 Å². The van der Waals surface area contributed by atoms with Crippen molar-refractivity contribution in [3.8, 4) is 28.1 Å². The van der Waals surface area contributed by atoms with Crippen LogP contribution < -0.4 is 10.2 Å². The fourth-order valence-electron chi connectivity index (χ4n) is 3.89. The number of phenolic OH excluding ortho intramolecular Hbond substituents is 1. The predicted octanol–water partition coefficient (Wildman–Crippen LogP) is 2.67. The Morgan fingerprint density at radius 2 is 1.79 bits per heavy atom. The van der Waals surface area contributed by atoms with Crippen molar-refractivity contribution in [2.75, 3.05) is 31.1 Å². The maximum Gasteiger partial charge on any atom is 0.245 e. The molecule has 8 nitrogen and oxygen atoms in total. The van der Waals surface area contributed by atoms with Crippen molar-refractivity contribution in [3.05, 3.63) is 36.8 Å². The van der Waals surface area contributed by atoms with Gasteiger partial charge < -0.3 is 15.3 Å². The van der Waals surface area contributed by atoms with Gasteiger partial charge in [0.25, 0.3) is 0 Å². The van der Waals surface area contributed by atoms with Gasteiger partial charge in [0.1, 0.15) is 11.4 Å². The summed E-state index contributed by atoms with van der Waals surface area (Å²) in [5.41, 5.74) is 3.47. The molecule has 2 fully saturated rings. The molecule has 1 aromatic carbocycles. The normalized spacial score (nSPS) is 17.2. The summed E-state index contributed by atoms with van der Waals surface area (Å²) in [5.74, 6) is 0.810. The fourth-order valence-corrected chi connectivity index (χ4v) is 3.89. The number of halogens is 2. The summed E-state index contributed by atoms with van der Waals surface area (Å²) in [5, 5.41) is 29.1. The van der Waals surface area contributed by atoms with Gasteiger partial charge in [0.05, 0.1) is 12.4 Å². The molecule has 2 aromatic heterocycles. The number of hydrogen-bond donors (Lipinski definition) is 3. The van der Waals surface area contributed by atoms with Crippen LogP contribution in [0.3, 0.4) is 0 Å². The molecule has 4 heterocycles. The van der Waals surface area contributed by atoms with Crippen molar-refractivity contribution < 1.29 is 5.11 Å². The summed E-state index contributed by atoms with van der Waals surface area (Å²) >= 11 is 0. The second-order valence-corrected chi connectivity index (χ2v) is 7.45. The number of aromatic hydroxyl groups is 1. The van der Waals surface area contributed by atoms with Crippen LogP contribution in [-0.2, 0) is 0 Å². The van der Waals surface area contributed by atoms with Gasteiger partial charge in [-0.15, -0.1) is 35.0 Å². The van der Waals surface area contributed by atoms with Crippen LogP contribution in [0.4, 0.5) is 5.95 Å². The number of aromatic nitrogens is 5. The fraction of sp³-hybridized carbons (Fsp3) is 0.368. The Morgan fingerprint density at radius 1 is 1.00 bits per heavy atom. The molecule has 10 heteroatoms. The molecule has 0 aliphatic carbocycles. The molecule has 0 atom stereocenters. The molecule has 154 valence electrons. The summed E-state index contributed by atoms with van der Waals surface area (Å²) in [6.45, 7) is 4.20. The van der Waals surface area contributed by atoms with Crippen LogP contribution in [0.2, 0.25) is 0 Å². The maximum absolute atomic E-state index is 10.4. The van der Waals surface area contributed by atoms with Crippen molar-refractivity contribution in [2.45, 2.75) is 12.8 Å². The van der Waals surface area contributed by atoms with Crippen molar-refractivity contribution >= 4 is 30.8 Å². The first kappa shape index (κ1) is 21.3. The van der Waals surface area contributed by atoms with Crippen LogP contribution in [0.1, 0.15) is 12.8 Å². The Kier molecular flexibility index (Phi) is 6.26. The van der Waals surface area contributed by atoms with E-state index in [0.717, 1.165) is 37.3 Å². The lowest BCUT2D eigenvalue weighted by atomic mass is 9.73. The Bertz CT molecular complexity index is 936. The standard InChI is InChI=1S/C19H21N7O.2ClH/c27-17-7-13(14-8-22-23-9-14)1-2-15(17)16-10-21-18(25-24-16)26-5-3-19(4-6-26)11-20-12-19;;/h1-2,7-10,20,27H,3-6,11-12H2,(H,22,23);2*1H. The highest BCUT2D eigenvalue weighted by atomic mass is 35.5. The van der Waals surface area contributed by atoms with E-state index in [4.69, 9.17) is 0 Å². The number of hydrogen-bond acceptors (Lipinski definition) is 7. The number of aromatic amines is 1. The highest BCUT2D eigenvalue weighted by Crippen LogP contribution is 2.36. The van der Waals surface area contributed by atoms with E-state index in [2.05, 4.69) is 35.6 Å². The summed E-state index contributed by atoms with van der Waals surface area (Å²) in [6.07, 6.45) is 7.52. The van der Waals surface area contributed by atoms with Crippen LogP contribution in [0.5, 0.6) is 5.75 Å². The summed E-state index contributed by atoms with van der Waals surface area (Å²) in [7, 11) is 0. The van der Waals surface area contributed by atoms with Gasteiger partial charge in [0, 0.05) is 43.5 Å². The van der Waals surface area contributed by atoms with E-state index in [9.17, 15) is 5.11 Å². The first-order chi connectivity index (χ1) is 13.2. The molecular formula is C19H23Cl2N7O. The van der Waals surface area contributed by atoms with Crippen molar-refractivity contribution in [3.63, 3.8) is 0 Å². The Labute approximate surface area is 181 Å². The van der Waals surface area contributed by atoms with Gasteiger partial charge in [-0.1, -0.05) is 6.07 Å². The van der Waals surface area contributed by atoms with E-state index in [1.165, 1.54) is 12.8 Å². The number of nitrogens with zero attached hydrogens (tertiary/aromatic N) is 5. The number of phenols is 1. The predicted molar refractivity (Wildman–Crippen MR) is 116 cm³/mol. The highest BCUT2D eigenvalue weighted by Gasteiger charge is 2.40. The van der Waals surface area contributed by atoms with E-state index in [1.54, 1.807) is 24.7 Å². The minimum Gasteiger partial charge on any atom is -0.507 e. The monoisotopic (exact) mass is 435 g/mol. The average Bonchev–Trinajstić information content (AvgIpc) is 3.22. The van der Waals surface area contributed by atoms with Crippen LogP contribution in [0.15, 0.2) is 36.8 Å². The lowest BCUT2D eigenvalue weighted by molar-refractivity contribution is 0.125. The summed E-state index contributed by atoms with van der Waals surface area (Å²) in [6, 6.07) is 5.45. The van der Waals surface area contributed by atoms with Gasteiger partial charge in [-0.25, -0.2) is 4.98 Å². The first-order valence-corrected chi connectivity index (χ1v) is 9.20. The third-order valence-electron chi connectivity index (χ3n) is 5.76. The van der Waals surface area contributed by atoms with Crippen LogP contribution in [0, 0.1) is 5.41 Å². The molecule has 0 unspecified atom stereocenters. The van der Waals surface area contributed by atoms with Gasteiger partial charge in [0.15, 0.2) is 0 Å². The molecule has 0 amide bonds. The topological polar surface area (TPSA) is 103 Å². The molecule has 2 aliphatic heterocycles. The number of rotatable bonds is 3. The Morgan fingerprint density at radius 3 is 2.34 bits per heavy atom. The molecule has 3 N–H and O–H groups in total. The first-order valence-electron chi connectivity index (χ1n) is 9.20. The molecular weight excluding hydrogens is 413 g/mol. The van der Waals surface area contributed by atoms with Gasteiger partial charge in [-0.2, -0.15) is 5.10 Å². The molecule has 0 bridgehead atoms. The molecule has 0 saturated carbocycles. The molecule has 0 radical (unpaired) electrons. The number of H-pyrrole nitrogens is 1. The smallest absolute Gasteiger partial charge is 0.245 e. The molecule has 1 spiro atoms. The number of anilines is 1. The largest absolute Gasteiger partial charge is 0.507 e. The zero-order chi connectivity index (χ0) is 18.3. The van der Waals surface area contributed by atoms with E-state index < -0.39 is 0 Å². The maximum atomic E-state index is 10.4. The SMILES string of the molecule is Cl.Cl.Oc1cc(-c2cn[nH]c2)ccc1-c1cnc(N2CCC3(CC2)CNC3)nn1. The number of nitrogens with one attached hydrogen (secondary N) is 2. The van der Waals surface area contributed by atoms with Gasteiger partial charge in [-0.3, -0.25) is 5.10 Å². The molecule has 2 saturated heterocycles. The number of benzene rings is 1.